The minimum Gasteiger partial charge on any atom is -0.356 e. The molecule has 1 saturated heterocycles. The van der Waals surface area contributed by atoms with Crippen LogP contribution in [0.3, 0.4) is 0 Å². The molecule has 1 atom stereocenters. The molecule has 26 heavy (non-hydrogen) atoms. The SMILES string of the molecule is CCCNC(=O)C1CCN(C(C)C(=O)NCCc2ccc(F)cc2)CC1. The molecule has 2 N–H and O–H groups in total. The average molecular weight is 363 g/mol. The Hall–Kier alpha value is -1.95. The van der Waals surface area contributed by atoms with Crippen LogP contribution in [-0.2, 0) is 16.0 Å². The van der Waals surface area contributed by atoms with Gasteiger partial charge in [-0.15, -0.1) is 0 Å². The number of nitrogens with zero attached hydrogens (tertiary/aromatic N) is 1. The van der Waals surface area contributed by atoms with Crippen molar-refractivity contribution < 1.29 is 14.0 Å². The number of benzene rings is 1. The van der Waals surface area contributed by atoms with Crippen LogP contribution in [0.2, 0.25) is 0 Å². The van der Waals surface area contributed by atoms with Gasteiger partial charge in [-0.2, -0.15) is 0 Å². The molecule has 1 unspecified atom stereocenters. The van der Waals surface area contributed by atoms with Crippen molar-refractivity contribution in [3.63, 3.8) is 0 Å². The van der Waals surface area contributed by atoms with E-state index < -0.39 is 0 Å². The highest BCUT2D eigenvalue weighted by Crippen LogP contribution is 2.19. The molecule has 6 heteroatoms. The van der Waals surface area contributed by atoms with Crippen molar-refractivity contribution in [3.05, 3.63) is 35.6 Å². The molecule has 144 valence electrons. The average Bonchev–Trinajstić information content (AvgIpc) is 2.67. The zero-order valence-corrected chi connectivity index (χ0v) is 15.8. The van der Waals surface area contributed by atoms with Crippen LogP contribution in [0.25, 0.3) is 0 Å². The lowest BCUT2D eigenvalue weighted by atomic mass is 9.95. The molecule has 0 saturated carbocycles. The van der Waals surface area contributed by atoms with E-state index in [1.165, 1.54) is 12.1 Å². The molecule has 1 aromatic rings. The quantitative estimate of drug-likeness (QED) is 0.744. The Balaban J connectivity index is 1.70. The van der Waals surface area contributed by atoms with Crippen molar-refractivity contribution >= 4 is 11.8 Å². The lowest BCUT2D eigenvalue weighted by molar-refractivity contribution is -0.128. The van der Waals surface area contributed by atoms with Gasteiger partial charge in [-0.25, -0.2) is 4.39 Å². The molecule has 0 spiro atoms. The molecule has 1 heterocycles. The van der Waals surface area contributed by atoms with Crippen LogP contribution in [-0.4, -0.2) is 48.9 Å². The molecular formula is C20H30FN3O2. The summed E-state index contributed by atoms with van der Waals surface area (Å²) in [6, 6.07) is 6.13. The first-order valence-electron chi connectivity index (χ1n) is 9.55. The van der Waals surface area contributed by atoms with Crippen molar-refractivity contribution in [1.82, 2.24) is 15.5 Å². The molecule has 1 fully saturated rings. The minimum absolute atomic E-state index is 0.000922. The van der Waals surface area contributed by atoms with Gasteiger partial charge in [0.25, 0.3) is 0 Å². The largest absolute Gasteiger partial charge is 0.356 e. The van der Waals surface area contributed by atoms with Gasteiger partial charge in [0.1, 0.15) is 5.82 Å². The van der Waals surface area contributed by atoms with Crippen molar-refractivity contribution in [2.75, 3.05) is 26.2 Å². The first-order chi connectivity index (χ1) is 12.5. The first kappa shape index (κ1) is 20.4. The number of halogens is 1. The van der Waals surface area contributed by atoms with E-state index in [0.29, 0.717) is 13.0 Å². The second-order valence-corrected chi connectivity index (χ2v) is 6.94. The van der Waals surface area contributed by atoms with E-state index in [0.717, 1.165) is 44.5 Å². The second-order valence-electron chi connectivity index (χ2n) is 6.94. The zero-order valence-electron chi connectivity index (χ0n) is 15.8. The van der Waals surface area contributed by atoms with Crippen molar-refractivity contribution in [3.8, 4) is 0 Å². The number of amides is 2. The van der Waals surface area contributed by atoms with Gasteiger partial charge in [0.2, 0.25) is 11.8 Å². The molecule has 1 aliphatic heterocycles. The van der Waals surface area contributed by atoms with Crippen LogP contribution in [0.15, 0.2) is 24.3 Å². The maximum Gasteiger partial charge on any atom is 0.237 e. The predicted molar refractivity (Wildman–Crippen MR) is 100 cm³/mol. The Bertz CT molecular complexity index is 583. The Morgan fingerprint density at radius 1 is 1.15 bits per heavy atom. The number of carbonyl (C=O) groups excluding carboxylic acids is 2. The van der Waals surface area contributed by atoms with Gasteiger partial charge in [-0.1, -0.05) is 19.1 Å². The summed E-state index contributed by atoms with van der Waals surface area (Å²) < 4.78 is 12.9. The van der Waals surface area contributed by atoms with E-state index in [-0.39, 0.29) is 29.6 Å². The maximum atomic E-state index is 12.9. The Kier molecular flexibility index (Phi) is 8.04. The number of hydrogen-bond donors (Lipinski definition) is 2. The summed E-state index contributed by atoms with van der Waals surface area (Å²) in [5.74, 6) is -0.0476. The van der Waals surface area contributed by atoms with Crippen LogP contribution in [0.4, 0.5) is 4.39 Å². The molecule has 2 amide bonds. The van der Waals surface area contributed by atoms with Crippen molar-refractivity contribution in [2.45, 2.75) is 45.6 Å². The number of rotatable bonds is 8. The normalized spacial score (nSPS) is 16.9. The zero-order chi connectivity index (χ0) is 18.9. The fourth-order valence-corrected chi connectivity index (χ4v) is 3.24. The molecule has 1 aromatic carbocycles. The van der Waals surface area contributed by atoms with E-state index in [2.05, 4.69) is 15.5 Å². The molecule has 0 aromatic heterocycles. The van der Waals surface area contributed by atoms with E-state index in [1.807, 2.05) is 13.8 Å². The summed E-state index contributed by atoms with van der Waals surface area (Å²) in [5.41, 5.74) is 0.998. The monoisotopic (exact) mass is 363 g/mol. The smallest absolute Gasteiger partial charge is 0.237 e. The maximum absolute atomic E-state index is 12.9. The topological polar surface area (TPSA) is 61.4 Å². The first-order valence-corrected chi connectivity index (χ1v) is 9.55. The summed E-state index contributed by atoms with van der Waals surface area (Å²) in [6.07, 6.45) is 3.21. The third-order valence-corrected chi connectivity index (χ3v) is 5.00. The summed E-state index contributed by atoms with van der Waals surface area (Å²) in [5, 5.41) is 5.91. The fourth-order valence-electron chi connectivity index (χ4n) is 3.24. The summed E-state index contributed by atoms with van der Waals surface area (Å²) in [7, 11) is 0. The van der Waals surface area contributed by atoms with Crippen molar-refractivity contribution in [1.29, 1.82) is 0 Å². The molecule has 0 radical (unpaired) electrons. The lowest BCUT2D eigenvalue weighted by Crippen LogP contribution is -2.50. The van der Waals surface area contributed by atoms with Gasteiger partial charge in [-0.05, 0) is 63.4 Å². The second kappa shape index (κ2) is 10.3. The van der Waals surface area contributed by atoms with Gasteiger partial charge >= 0.3 is 0 Å². The van der Waals surface area contributed by atoms with E-state index in [9.17, 15) is 14.0 Å². The molecular weight excluding hydrogens is 333 g/mol. The lowest BCUT2D eigenvalue weighted by Gasteiger charge is -2.34. The Morgan fingerprint density at radius 2 is 1.81 bits per heavy atom. The molecule has 0 bridgehead atoms. The van der Waals surface area contributed by atoms with Crippen molar-refractivity contribution in [2.24, 2.45) is 5.92 Å². The van der Waals surface area contributed by atoms with Gasteiger partial charge in [0, 0.05) is 19.0 Å². The van der Waals surface area contributed by atoms with Gasteiger partial charge in [-0.3, -0.25) is 14.5 Å². The number of hydrogen-bond acceptors (Lipinski definition) is 3. The highest BCUT2D eigenvalue weighted by molar-refractivity contribution is 5.81. The standard InChI is InChI=1S/C20H30FN3O2/c1-3-11-22-20(26)17-9-13-24(14-10-17)15(2)19(25)23-12-8-16-4-6-18(21)7-5-16/h4-7,15,17H,3,8-14H2,1-2H3,(H,22,26)(H,23,25). The van der Waals surface area contributed by atoms with E-state index in [4.69, 9.17) is 0 Å². The third kappa shape index (κ3) is 6.09. The van der Waals surface area contributed by atoms with Crippen LogP contribution >= 0.6 is 0 Å². The Morgan fingerprint density at radius 3 is 2.42 bits per heavy atom. The Labute approximate surface area is 155 Å². The summed E-state index contributed by atoms with van der Waals surface area (Å²) in [4.78, 5) is 26.5. The van der Waals surface area contributed by atoms with Crippen LogP contribution in [0, 0.1) is 11.7 Å². The van der Waals surface area contributed by atoms with Gasteiger partial charge in [0.15, 0.2) is 0 Å². The predicted octanol–water partition coefficient (Wildman–Crippen LogP) is 2.11. The minimum atomic E-state index is -0.252. The van der Waals surface area contributed by atoms with Crippen LogP contribution < -0.4 is 10.6 Å². The highest BCUT2D eigenvalue weighted by Gasteiger charge is 2.29. The van der Waals surface area contributed by atoms with Crippen LogP contribution in [0.1, 0.15) is 38.7 Å². The molecule has 2 rings (SSSR count). The molecule has 1 aliphatic rings. The number of carbonyl (C=O) groups is 2. The third-order valence-electron chi connectivity index (χ3n) is 5.00. The molecule has 5 nitrogen and oxygen atoms in total. The number of likely N-dealkylation sites (tertiary alicyclic amines) is 1. The van der Waals surface area contributed by atoms with Gasteiger partial charge < -0.3 is 10.6 Å². The number of nitrogens with one attached hydrogen (secondary N) is 2. The molecule has 0 aliphatic carbocycles. The summed E-state index contributed by atoms with van der Waals surface area (Å²) in [6.45, 7) is 6.73. The number of piperidine rings is 1. The van der Waals surface area contributed by atoms with Gasteiger partial charge in [0.05, 0.1) is 6.04 Å². The van der Waals surface area contributed by atoms with E-state index >= 15 is 0 Å². The van der Waals surface area contributed by atoms with Crippen LogP contribution in [0.5, 0.6) is 0 Å². The fraction of sp³-hybridized carbons (Fsp3) is 0.600. The highest BCUT2D eigenvalue weighted by atomic mass is 19.1. The van der Waals surface area contributed by atoms with E-state index in [1.54, 1.807) is 12.1 Å². The summed E-state index contributed by atoms with van der Waals surface area (Å²) >= 11 is 0.